The Morgan fingerprint density at radius 1 is 1.24 bits per heavy atom. The second-order valence-corrected chi connectivity index (χ2v) is 5.89. The van der Waals surface area contributed by atoms with Crippen molar-refractivity contribution in [2.75, 3.05) is 26.2 Å². The Morgan fingerprint density at radius 3 is 2.52 bits per heavy atom. The summed E-state index contributed by atoms with van der Waals surface area (Å²) >= 11 is 0. The zero-order valence-electron chi connectivity index (χ0n) is 14.5. The van der Waals surface area contributed by atoms with E-state index >= 15 is 0 Å². The first-order chi connectivity index (χ1) is 10.1. The summed E-state index contributed by atoms with van der Waals surface area (Å²) in [5, 5.41) is 8.01. The average Bonchev–Trinajstić information content (AvgIpc) is 2.93. The fourth-order valence-electron chi connectivity index (χ4n) is 2.57. The average molecular weight is 295 g/mol. The van der Waals surface area contributed by atoms with Gasteiger partial charge in [-0.2, -0.15) is 5.10 Å². The fourth-order valence-corrected chi connectivity index (χ4v) is 2.57. The van der Waals surface area contributed by atoms with Crippen LogP contribution >= 0.6 is 0 Å². The van der Waals surface area contributed by atoms with Gasteiger partial charge in [0.25, 0.3) is 0 Å². The normalized spacial score (nSPS) is 13.3. The monoisotopic (exact) mass is 295 g/mol. The van der Waals surface area contributed by atoms with E-state index in [2.05, 4.69) is 54.9 Å². The molecule has 1 heterocycles. The molecule has 1 unspecified atom stereocenters. The van der Waals surface area contributed by atoms with Gasteiger partial charge in [-0.15, -0.1) is 0 Å². The van der Waals surface area contributed by atoms with Gasteiger partial charge < -0.3 is 10.2 Å². The summed E-state index contributed by atoms with van der Waals surface area (Å²) in [5.74, 6) is 1.10. The van der Waals surface area contributed by atoms with E-state index in [1.807, 2.05) is 4.68 Å². The van der Waals surface area contributed by atoms with E-state index in [1.165, 1.54) is 6.42 Å². The third-order valence-electron chi connectivity index (χ3n) is 3.94. The molecule has 0 saturated carbocycles. The highest BCUT2D eigenvalue weighted by Gasteiger charge is 2.15. The lowest BCUT2D eigenvalue weighted by Gasteiger charge is -2.24. The molecule has 1 atom stereocenters. The lowest BCUT2D eigenvalue weighted by molar-refractivity contribution is 0.278. The molecule has 0 aliphatic heterocycles. The molecule has 0 radical (unpaired) electrons. The minimum Gasteiger partial charge on any atom is -0.313 e. The van der Waals surface area contributed by atoms with Crippen molar-refractivity contribution in [3.05, 3.63) is 12.2 Å². The van der Waals surface area contributed by atoms with E-state index in [9.17, 15) is 0 Å². The second-order valence-electron chi connectivity index (χ2n) is 5.89. The van der Waals surface area contributed by atoms with Crippen LogP contribution in [0.2, 0.25) is 0 Å². The van der Waals surface area contributed by atoms with Crippen LogP contribution in [0.1, 0.15) is 59.3 Å². The first-order valence-corrected chi connectivity index (χ1v) is 8.46. The van der Waals surface area contributed by atoms with Gasteiger partial charge in [0, 0.05) is 18.5 Å². The van der Waals surface area contributed by atoms with Gasteiger partial charge in [0.05, 0.1) is 0 Å². The molecule has 1 rings (SSSR count). The van der Waals surface area contributed by atoms with Crippen molar-refractivity contribution in [2.24, 2.45) is 0 Å². The van der Waals surface area contributed by atoms with Crippen molar-refractivity contribution >= 4 is 0 Å². The highest BCUT2D eigenvalue weighted by atomic mass is 15.3. The summed E-state index contributed by atoms with van der Waals surface area (Å²) in [7, 11) is 0. The molecule has 1 N–H and O–H groups in total. The maximum atomic E-state index is 4.45. The molecule has 1 aromatic heterocycles. The summed E-state index contributed by atoms with van der Waals surface area (Å²) in [5.41, 5.74) is 0. The molecular weight excluding hydrogens is 262 g/mol. The molecule has 1 aromatic rings. The van der Waals surface area contributed by atoms with Crippen molar-refractivity contribution in [2.45, 2.75) is 66.0 Å². The lowest BCUT2D eigenvalue weighted by Crippen LogP contribution is -2.37. The van der Waals surface area contributed by atoms with Crippen molar-refractivity contribution in [1.82, 2.24) is 25.0 Å². The van der Waals surface area contributed by atoms with Gasteiger partial charge in [-0.25, -0.2) is 9.67 Å². The standard InChI is InChI=1S/C16H33N5/c1-6-10-17-15(9-11-20(7-2)8-3)12-16-18-13-19-21(16)14(4)5/h13-15,17H,6-12H2,1-5H3. The number of aromatic nitrogens is 3. The molecule has 0 aromatic carbocycles. The first kappa shape index (κ1) is 18.1. The topological polar surface area (TPSA) is 46.0 Å². The van der Waals surface area contributed by atoms with Crippen molar-refractivity contribution < 1.29 is 0 Å². The largest absolute Gasteiger partial charge is 0.313 e. The van der Waals surface area contributed by atoms with Crippen molar-refractivity contribution in [1.29, 1.82) is 0 Å². The van der Waals surface area contributed by atoms with Gasteiger partial charge in [0.15, 0.2) is 0 Å². The zero-order chi connectivity index (χ0) is 15.7. The van der Waals surface area contributed by atoms with Crippen LogP contribution in [0.5, 0.6) is 0 Å². The van der Waals surface area contributed by atoms with Crippen molar-refractivity contribution in [3.8, 4) is 0 Å². The number of hydrogen-bond donors (Lipinski definition) is 1. The van der Waals surface area contributed by atoms with Crippen LogP contribution < -0.4 is 5.32 Å². The van der Waals surface area contributed by atoms with Crippen LogP contribution in [0.15, 0.2) is 6.33 Å². The zero-order valence-corrected chi connectivity index (χ0v) is 14.5. The number of rotatable bonds is 11. The minimum absolute atomic E-state index is 0.372. The van der Waals surface area contributed by atoms with Gasteiger partial charge in [-0.1, -0.05) is 20.8 Å². The Bertz CT molecular complexity index is 370. The van der Waals surface area contributed by atoms with E-state index in [1.54, 1.807) is 6.33 Å². The van der Waals surface area contributed by atoms with Gasteiger partial charge >= 0.3 is 0 Å². The third kappa shape index (κ3) is 6.14. The molecule has 5 nitrogen and oxygen atoms in total. The SMILES string of the molecule is CCCNC(CCN(CC)CC)Cc1ncnn1C(C)C. The molecule has 0 amide bonds. The van der Waals surface area contributed by atoms with E-state index in [-0.39, 0.29) is 0 Å². The lowest BCUT2D eigenvalue weighted by atomic mass is 10.1. The molecule has 0 aliphatic rings. The van der Waals surface area contributed by atoms with Gasteiger partial charge in [0.2, 0.25) is 0 Å². The molecule has 0 spiro atoms. The Labute approximate surface area is 130 Å². The molecular formula is C16H33N5. The second kappa shape index (κ2) is 9.90. The molecule has 0 bridgehead atoms. The fraction of sp³-hybridized carbons (Fsp3) is 0.875. The summed E-state index contributed by atoms with van der Waals surface area (Å²) in [4.78, 5) is 6.93. The molecule has 122 valence electrons. The van der Waals surface area contributed by atoms with Crippen LogP contribution in [0.4, 0.5) is 0 Å². The predicted molar refractivity (Wildman–Crippen MR) is 88.6 cm³/mol. The maximum Gasteiger partial charge on any atom is 0.138 e. The number of nitrogens with one attached hydrogen (secondary N) is 1. The van der Waals surface area contributed by atoms with E-state index in [0.717, 1.165) is 44.8 Å². The van der Waals surface area contributed by atoms with Gasteiger partial charge in [0.1, 0.15) is 12.2 Å². The molecule has 0 aliphatic carbocycles. The van der Waals surface area contributed by atoms with Crippen LogP contribution in [-0.2, 0) is 6.42 Å². The first-order valence-electron chi connectivity index (χ1n) is 8.46. The third-order valence-corrected chi connectivity index (χ3v) is 3.94. The Balaban J connectivity index is 2.62. The Kier molecular flexibility index (Phi) is 8.54. The predicted octanol–water partition coefficient (Wildman–Crippen LogP) is 2.50. The smallest absolute Gasteiger partial charge is 0.138 e. The van der Waals surface area contributed by atoms with Crippen LogP contribution in [0, 0.1) is 0 Å². The van der Waals surface area contributed by atoms with Gasteiger partial charge in [-0.05, 0) is 52.9 Å². The molecule has 21 heavy (non-hydrogen) atoms. The molecule has 0 saturated heterocycles. The summed E-state index contributed by atoms with van der Waals surface area (Å²) < 4.78 is 2.04. The van der Waals surface area contributed by atoms with Crippen molar-refractivity contribution in [3.63, 3.8) is 0 Å². The van der Waals surface area contributed by atoms with E-state index in [4.69, 9.17) is 0 Å². The minimum atomic E-state index is 0.372. The molecule has 0 fully saturated rings. The van der Waals surface area contributed by atoms with Gasteiger partial charge in [-0.3, -0.25) is 0 Å². The summed E-state index contributed by atoms with van der Waals surface area (Å²) in [6.07, 6.45) is 4.96. The number of hydrogen-bond acceptors (Lipinski definition) is 4. The maximum absolute atomic E-state index is 4.45. The van der Waals surface area contributed by atoms with Crippen LogP contribution in [0.3, 0.4) is 0 Å². The summed E-state index contributed by atoms with van der Waals surface area (Å²) in [6.45, 7) is 15.4. The Morgan fingerprint density at radius 2 is 1.95 bits per heavy atom. The summed E-state index contributed by atoms with van der Waals surface area (Å²) in [6, 6.07) is 0.851. The highest BCUT2D eigenvalue weighted by Crippen LogP contribution is 2.09. The highest BCUT2D eigenvalue weighted by molar-refractivity contribution is 4.91. The van der Waals surface area contributed by atoms with E-state index < -0.39 is 0 Å². The quantitative estimate of drug-likeness (QED) is 0.681. The van der Waals surface area contributed by atoms with Crippen LogP contribution in [-0.4, -0.2) is 51.9 Å². The van der Waals surface area contributed by atoms with E-state index in [0.29, 0.717) is 12.1 Å². The van der Waals surface area contributed by atoms with Crippen LogP contribution in [0.25, 0.3) is 0 Å². The number of nitrogens with zero attached hydrogens (tertiary/aromatic N) is 4. The Hall–Kier alpha value is -0.940. The molecule has 5 heteroatoms.